The lowest BCUT2D eigenvalue weighted by Gasteiger charge is -2.07. The van der Waals surface area contributed by atoms with Crippen LogP contribution in [0, 0.1) is 11.3 Å². The monoisotopic (exact) mass is 268 g/mol. The van der Waals surface area contributed by atoms with Crippen molar-refractivity contribution in [1.82, 2.24) is 4.98 Å². The molecule has 2 rings (SSSR count). The molecule has 2 N–H and O–H groups in total. The number of carbonyl (C=O) groups is 1. The molecule has 6 nitrogen and oxygen atoms in total. The molecule has 0 atom stereocenters. The van der Waals surface area contributed by atoms with E-state index >= 15 is 0 Å². The second-order valence-corrected chi connectivity index (χ2v) is 3.84. The molecular formula is C14H12N4O2. The normalized spacial score (nSPS) is 9.40. The Hall–Kier alpha value is -3.07. The number of hydrogen-bond acceptors (Lipinski definition) is 5. The quantitative estimate of drug-likeness (QED) is 0.893. The van der Waals surface area contributed by atoms with Gasteiger partial charge in [0.05, 0.1) is 7.11 Å². The van der Waals surface area contributed by atoms with E-state index in [1.165, 1.54) is 7.11 Å². The van der Waals surface area contributed by atoms with E-state index in [2.05, 4.69) is 20.4 Å². The lowest BCUT2D eigenvalue weighted by atomic mass is 10.2. The van der Waals surface area contributed by atoms with Gasteiger partial charge in [0, 0.05) is 11.4 Å². The van der Waals surface area contributed by atoms with E-state index in [1.54, 1.807) is 42.5 Å². The fraction of sp³-hybridized carbons (Fsp3) is 0.0714. The molecule has 0 saturated carbocycles. The van der Waals surface area contributed by atoms with Gasteiger partial charge in [0.1, 0.15) is 17.6 Å². The van der Waals surface area contributed by atoms with Crippen molar-refractivity contribution in [1.29, 1.82) is 5.26 Å². The van der Waals surface area contributed by atoms with E-state index in [-0.39, 0.29) is 0 Å². The molecule has 1 amide bonds. The number of nitrogens with one attached hydrogen (secondary N) is 2. The van der Waals surface area contributed by atoms with Crippen molar-refractivity contribution >= 4 is 23.3 Å². The minimum atomic E-state index is -0.519. The lowest BCUT2D eigenvalue weighted by Crippen LogP contribution is -2.10. The molecule has 2 aromatic rings. The SMILES string of the molecule is COC(=O)Nc1ccc(Nc2cccc(C#N)n2)cc1. The summed E-state index contributed by atoms with van der Waals surface area (Å²) in [6.45, 7) is 0. The van der Waals surface area contributed by atoms with E-state index in [4.69, 9.17) is 5.26 Å². The van der Waals surface area contributed by atoms with Crippen molar-refractivity contribution < 1.29 is 9.53 Å². The summed E-state index contributed by atoms with van der Waals surface area (Å²) in [4.78, 5) is 15.1. The van der Waals surface area contributed by atoms with E-state index in [0.717, 1.165) is 5.69 Å². The zero-order valence-electron chi connectivity index (χ0n) is 10.8. The van der Waals surface area contributed by atoms with Gasteiger partial charge in [0.2, 0.25) is 0 Å². The van der Waals surface area contributed by atoms with E-state index < -0.39 is 6.09 Å². The molecule has 0 fully saturated rings. The number of methoxy groups -OCH3 is 1. The van der Waals surface area contributed by atoms with Gasteiger partial charge in [-0.15, -0.1) is 0 Å². The number of benzene rings is 1. The molecule has 0 aliphatic heterocycles. The molecular weight excluding hydrogens is 256 g/mol. The molecule has 0 spiro atoms. The number of aromatic nitrogens is 1. The smallest absolute Gasteiger partial charge is 0.411 e. The van der Waals surface area contributed by atoms with Crippen LogP contribution in [0.25, 0.3) is 0 Å². The van der Waals surface area contributed by atoms with Crippen molar-refractivity contribution in [3.05, 3.63) is 48.2 Å². The standard InChI is InChI=1S/C14H12N4O2/c1-20-14(19)18-11-7-5-10(6-8-11)16-13-4-2-3-12(9-15)17-13/h2-8H,1H3,(H,16,17)(H,18,19). The van der Waals surface area contributed by atoms with Crippen LogP contribution in [0.3, 0.4) is 0 Å². The molecule has 20 heavy (non-hydrogen) atoms. The highest BCUT2D eigenvalue weighted by Crippen LogP contribution is 2.17. The van der Waals surface area contributed by atoms with Crippen molar-refractivity contribution in [3.8, 4) is 6.07 Å². The average molecular weight is 268 g/mol. The third-order valence-corrected chi connectivity index (χ3v) is 2.45. The van der Waals surface area contributed by atoms with E-state index in [9.17, 15) is 4.79 Å². The molecule has 0 aliphatic rings. The zero-order valence-corrected chi connectivity index (χ0v) is 10.8. The fourth-order valence-corrected chi connectivity index (χ4v) is 1.52. The second-order valence-electron chi connectivity index (χ2n) is 3.84. The number of nitrogens with zero attached hydrogens (tertiary/aromatic N) is 2. The molecule has 0 radical (unpaired) electrons. The number of ether oxygens (including phenoxy) is 1. The number of anilines is 3. The summed E-state index contributed by atoms with van der Waals surface area (Å²) < 4.78 is 4.50. The third kappa shape index (κ3) is 3.46. The predicted molar refractivity (Wildman–Crippen MR) is 74.7 cm³/mol. The van der Waals surface area contributed by atoms with Crippen LogP contribution in [0.5, 0.6) is 0 Å². The van der Waals surface area contributed by atoms with Crippen molar-refractivity contribution in [2.75, 3.05) is 17.7 Å². The van der Waals surface area contributed by atoms with Crippen LogP contribution < -0.4 is 10.6 Å². The van der Waals surface area contributed by atoms with E-state index in [1.807, 2.05) is 6.07 Å². The Morgan fingerprint density at radius 2 is 1.90 bits per heavy atom. The highest BCUT2D eigenvalue weighted by atomic mass is 16.5. The van der Waals surface area contributed by atoms with Crippen LogP contribution >= 0.6 is 0 Å². The number of amides is 1. The number of nitriles is 1. The first-order valence-electron chi connectivity index (χ1n) is 5.80. The Kier molecular flexibility index (Phi) is 4.14. The first-order valence-corrected chi connectivity index (χ1v) is 5.80. The third-order valence-electron chi connectivity index (χ3n) is 2.45. The van der Waals surface area contributed by atoms with Crippen molar-refractivity contribution in [2.24, 2.45) is 0 Å². The number of hydrogen-bond donors (Lipinski definition) is 2. The number of carbonyl (C=O) groups excluding carboxylic acids is 1. The number of rotatable bonds is 3. The van der Waals surface area contributed by atoms with Crippen LogP contribution in [0.15, 0.2) is 42.5 Å². The average Bonchev–Trinajstić information content (AvgIpc) is 2.49. The summed E-state index contributed by atoms with van der Waals surface area (Å²) in [6.07, 6.45) is -0.519. The topological polar surface area (TPSA) is 87.0 Å². The summed E-state index contributed by atoms with van der Waals surface area (Å²) in [5, 5.41) is 14.4. The Balaban J connectivity index is 2.07. The first kappa shape index (κ1) is 13.4. The van der Waals surface area contributed by atoms with Gasteiger partial charge in [0.15, 0.2) is 0 Å². The predicted octanol–water partition coefficient (Wildman–Crippen LogP) is 2.88. The summed E-state index contributed by atoms with van der Waals surface area (Å²) in [5.74, 6) is 0.581. The van der Waals surface area contributed by atoms with Gasteiger partial charge in [-0.1, -0.05) is 6.07 Å². The zero-order chi connectivity index (χ0) is 14.4. The lowest BCUT2D eigenvalue weighted by molar-refractivity contribution is 0.187. The Morgan fingerprint density at radius 1 is 1.20 bits per heavy atom. The molecule has 0 unspecified atom stereocenters. The highest BCUT2D eigenvalue weighted by molar-refractivity contribution is 5.84. The molecule has 1 aromatic carbocycles. The fourth-order valence-electron chi connectivity index (χ4n) is 1.52. The summed E-state index contributed by atoms with van der Waals surface area (Å²) in [7, 11) is 1.30. The molecule has 1 aromatic heterocycles. The molecule has 6 heteroatoms. The molecule has 0 aliphatic carbocycles. The Labute approximate surface area is 116 Å². The van der Waals surface area contributed by atoms with Gasteiger partial charge in [-0.2, -0.15) is 5.26 Å². The second kappa shape index (κ2) is 6.20. The van der Waals surface area contributed by atoms with Crippen LogP contribution in [-0.2, 0) is 4.74 Å². The maximum atomic E-state index is 11.0. The van der Waals surface area contributed by atoms with Gasteiger partial charge in [-0.05, 0) is 36.4 Å². The Morgan fingerprint density at radius 3 is 2.55 bits per heavy atom. The largest absolute Gasteiger partial charge is 0.453 e. The molecule has 0 saturated heterocycles. The maximum Gasteiger partial charge on any atom is 0.411 e. The minimum Gasteiger partial charge on any atom is -0.453 e. The van der Waals surface area contributed by atoms with Gasteiger partial charge in [0.25, 0.3) is 0 Å². The van der Waals surface area contributed by atoms with E-state index in [0.29, 0.717) is 17.2 Å². The van der Waals surface area contributed by atoms with Crippen LogP contribution in [0.1, 0.15) is 5.69 Å². The first-order chi connectivity index (χ1) is 9.71. The van der Waals surface area contributed by atoms with Gasteiger partial charge in [-0.25, -0.2) is 9.78 Å². The van der Waals surface area contributed by atoms with Crippen LogP contribution in [0.4, 0.5) is 22.0 Å². The molecule has 100 valence electrons. The minimum absolute atomic E-state index is 0.346. The highest BCUT2D eigenvalue weighted by Gasteiger charge is 2.01. The van der Waals surface area contributed by atoms with Gasteiger partial charge < -0.3 is 10.1 Å². The van der Waals surface area contributed by atoms with Gasteiger partial charge in [-0.3, -0.25) is 5.32 Å². The summed E-state index contributed by atoms with van der Waals surface area (Å²) in [6, 6.07) is 14.2. The number of pyridine rings is 1. The maximum absolute atomic E-state index is 11.0. The molecule has 1 heterocycles. The summed E-state index contributed by atoms with van der Waals surface area (Å²) >= 11 is 0. The molecule has 0 bridgehead atoms. The van der Waals surface area contributed by atoms with Crippen LogP contribution in [0.2, 0.25) is 0 Å². The Bertz CT molecular complexity index is 647. The van der Waals surface area contributed by atoms with Crippen molar-refractivity contribution in [3.63, 3.8) is 0 Å². The summed E-state index contributed by atoms with van der Waals surface area (Å²) in [5.41, 5.74) is 1.77. The van der Waals surface area contributed by atoms with Crippen LogP contribution in [-0.4, -0.2) is 18.2 Å². The van der Waals surface area contributed by atoms with Crippen molar-refractivity contribution in [2.45, 2.75) is 0 Å². The van der Waals surface area contributed by atoms with Gasteiger partial charge >= 0.3 is 6.09 Å².